The molecule has 0 aromatic rings. The van der Waals surface area contributed by atoms with Gasteiger partial charge in [-0.2, -0.15) is 13.2 Å². The van der Waals surface area contributed by atoms with Crippen molar-refractivity contribution in [2.24, 2.45) is 5.92 Å². The molecule has 0 radical (unpaired) electrons. The number of hydrogen-bond acceptors (Lipinski definition) is 3. The van der Waals surface area contributed by atoms with Crippen LogP contribution < -0.4 is 5.32 Å². The molecule has 1 fully saturated rings. The summed E-state index contributed by atoms with van der Waals surface area (Å²) in [5, 5.41) is 3.20. The van der Waals surface area contributed by atoms with Crippen LogP contribution in [0.2, 0.25) is 0 Å². The summed E-state index contributed by atoms with van der Waals surface area (Å²) in [6.45, 7) is 5.84. The van der Waals surface area contributed by atoms with Gasteiger partial charge in [0.1, 0.15) is 5.54 Å². The van der Waals surface area contributed by atoms with Crippen molar-refractivity contribution >= 4 is 5.97 Å². The molecule has 1 atom stereocenters. The normalized spacial score (nSPS) is 29.0. The van der Waals surface area contributed by atoms with Crippen molar-refractivity contribution in [2.75, 3.05) is 6.61 Å². The average molecular weight is 295 g/mol. The molecule has 0 bridgehead atoms. The van der Waals surface area contributed by atoms with E-state index in [1.165, 1.54) is 0 Å². The van der Waals surface area contributed by atoms with Crippen LogP contribution in [0.25, 0.3) is 0 Å². The number of ether oxygens (including phenoxy) is 1. The minimum atomic E-state index is -4.17. The number of rotatable bonds is 5. The zero-order valence-electron chi connectivity index (χ0n) is 12.3. The molecule has 1 saturated carbocycles. The van der Waals surface area contributed by atoms with Gasteiger partial charge in [-0.3, -0.25) is 10.1 Å². The Morgan fingerprint density at radius 2 is 1.90 bits per heavy atom. The van der Waals surface area contributed by atoms with Gasteiger partial charge in [-0.15, -0.1) is 0 Å². The molecule has 0 aliphatic heterocycles. The predicted molar refractivity (Wildman–Crippen MR) is 70.3 cm³/mol. The van der Waals surface area contributed by atoms with Gasteiger partial charge in [0, 0.05) is 6.04 Å². The minimum absolute atomic E-state index is 0.0221. The summed E-state index contributed by atoms with van der Waals surface area (Å²) < 4.78 is 43.3. The van der Waals surface area contributed by atoms with E-state index in [4.69, 9.17) is 4.74 Å². The van der Waals surface area contributed by atoms with Crippen molar-refractivity contribution in [1.82, 2.24) is 5.32 Å². The molecule has 0 aromatic heterocycles. The molecule has 20 heavy (non-hydrogen) atoms. The maximum Gasteiger partial charge on any atom is 0.391 e. The Balaban J connectivity index is 2.79. The van der Waals surface area contributed by atoms with Crippen LogP contribution in [0, 0.1) is 5.92 Å². The summed E-state index contributed by atoms with van der Waals surface area (Å²) in [7, 11) is 0. The first-order valence-corrected chi connectivity index (χ1v) is 7.26. The van der Waals surface area contributed by atoms with Crippen molar-refractivity contribution in [2.45, 2.75) is 70.6 Å². The fourth-order valence-electron chi connectivity index (χ4n) is 2.69. The second-order valence-corrected chi connectivity index (χ2v) is 5.57. The van der Waals surface area contributed by atoms with Crippen LogP contribution in [0.15, 0.2) is 0 Å². The predicted octanol–water partition coefficient (Wildman–Crippen LogP) is 3.43. The van der Waals surface area contributed by atoms with Crippen LogP contribution in [0.5, 0.6) is 0 Å². The topological polar surface area (TPSA) is 38.3 Å². The molecular weight excluding hydrogens is 271 g/mol. The highest BCUT2D eigenvalue weighted by molar-refractivity contribution is 5.81. The van der Waals surface area contributed by atoms with Gasteiger partial charge in [-0.05, 0) is 46.0 Å². The number of esters is 1. The van der Waals surface area contributed by atoms with E-state index in [0.29, 0.717) is 0 Å². The van der Waals surface area contributed by atoms with E-state index in [2.05, 4.69) is 5.32 Å². The van der Waals surface area contributed by atoms with Gasteiger partial charge < -0.3 is 4.74 Å². The van der Waals surface area contributed by atoms with Gasteiger partial charge in [0.25, 0.3) is 0 Å². The summed E-state index contributed by atoms with van der Waals surface area (Å²) in [5.74, 6) is -1.72. The highest BCUT2D eigenvalue weighted by Gasteiger charge is 2.49. The van der Waals surface area contributed by atoms with Crippen molar-refractivity contribution in [1.29, 1.82) is 0 Å². The molecular formula is C14H24F3NO2. The molecule has 6 heteroatoms. The summed E-state index contributed by atoms with van der Waals surface area (Å²) in [6, 6.07) is 0.0712. The minimum Gasteiger partial charge on any atom is -0.465 e. The van der Waals surface area contributed by atoms with Crippen LogP contribution in [0.3, 0.4) is 0 Å². The quantitative estimate of drug-likeness (QED) is 0.790. The first-order chi connectivity index (χ1) is 9.25. The van der Waals surface area contributed by atoms with Crippen LogP contribution in [-0.4, -0.2) is 30.3 Å². The van der Waals surface area contributed by atoms with E-state index in [1.807, 2.05) is 13.8 Å². The number of halogens is 3. The third-order valence-electron chi connectivity index (χ3n) is 4.10. The third-order valence-corrected chi connectivity index (χ3v) is 4.10. The number of alkyl halides is 3. The standard InChI is InChI=1S/C14H24F3NO2/c1-4-10(3)18-13(12(19)20-5-2)8-6-11(7-9-13)14(15,16)17/h10-11,18H,4-9H2,1-3H3. The maximum absolute atomic E-state index is 12.7. The molecule has 118 valence electrons. The highest BCUT2D eigenvalue weighted by Crippen LogP contribution is 2.41. The van der Waals surface area contributed by atoms with Crippen LogP contribution in [0.4, 0.5) is 13.2 Å². The van der Waals surface area contributed by atoms with Gasteiger partial charge in [0.15, 0.2) is 0 Å². The van der Waals surface area contributed by atoms with Gasteiger partial charge in [-0.25, -0.2) is 0 Å². The number of nitrogens with one attached hydrogen (secondary N) is 1. The monoisotopic (exact) mass is 295 g/mol. The highest BCUT2D eigenvalue weighted by atomic mass is 19.4. The summed E-state index contributed by atoms with van der Waals surface area (Å²) >= 11 is 0. The molecule has 1 rings (SSSR count). The number of carbonyl (C=O) groups excluding carboxylic acids is 1. The van der Waals surface area contributed by atoms with Crippen LogP contribution in [0.1, 0.15) is 52.9 Å². The third kappa shape index (κ3) is 4.11. The van der Waals surface area contributed by atoms with E-state index in [-0.39, 0.29) is 38.3 Å². The fraction of sp³-hybridized carbons (Fsp3) is 0.929. The average Bonchev–Trinajstić information content (AvgIpc) is 2.38. The summed E-state index contributed by atoms with van der Waals surface area (Å²) in [4.78, 5) is 12.2. The SMILES string of the molecule is CCOC(=O)C1(NC(C)CC)CCC(C(F)(F)F)CC1. The van der Waals surface area contributed by atoms with Gasteiger partial charge in [-0.1, -0.05) is 6.92 Å². The van der Waals surface area contributed by atoms with Crippen molar-refractivity contribution in [3.63, 3.8) is 0 Å². The molecule has 1 aliphatic rings. The van der Waals surface area contributed by atoms with Gasteiger partial charge >= 0.3 is 12.1 Å². The van der Waals surface area contributed by atoms with Gasteiger partial charge in [0.2, 0.25) is 0 Å². The summed E-state index contributed by atoms with van der Waals surface area (Å²) in [6.07, 6.45) is -3.04. The molecule has 0 heterocycles. The molecule has 1 N–H and O–H groups in total. The van der Waals surface area contributed by atoms with Gasteiger partial charge in [0.05, 0.1) is 12.5 Å². The second kappa shape index (κ2) is 6.78. The molecule has 0 spiro atoms. The Kier molecular flexibility index (Phi) is 5.86. The first kappa shape index (κ1) is 17.3. The Bertz CT molecular complexity index is 323. The van der Waals surface area contributed by atoms with Crippen molar-refractivity contribution < 1.29 is 22.7 Å². The zero-order chi connectivity index (χ0) is 15.4. The van der Waals surface area contributed by atoms with E-state index in [0.717, 1.165) is 6.42 Å². The summed E-state index contributed by atoms with van der Waals surface area (Å²) in [5.41, 5.74) is -0.951. The second-order valence-electron chi connectivity index (χ2n) is 5.57. The lowest BCUT2D eigenvalue weighted by Crippen LogP contribution is -2.58. The molecule has 0 amide bonds. The fourth-order valence-corrected chi connectivity index (χ4v) is 2.69. The zero-order valence-corrected chi connectivity index (χ0v) is 12.3. The Morgan fingerprint density at radius 1 is 1.35 bits per heavy atom. The lowest BCUT2D eigenvalue weighted by molar-refractivity contribution is -0.189. The first-order valence-electron chi connectivity index (χ1n) is 7.26. The molecule has 1 aliphatic carbocycles. The molecule has 3 nitrogen and oxygen atoms in total. The van der Waals surface area contributed by atoms with E-state index < -0.39 is 23.6 Å². The Labute approximate surface area is 118 Å². The number of carbonyl (C=O) groups is 1. The molecule has 0 saturated heterocycles. The van der Waals surface area contributed by atoms with E-state index >= 15 is 0 Å². The van der Waals surface area contributed by atoms with Crippen molar-refractivity contribution in [3.8, 4) is 0 Å². The smallest absolute Gasteiger partial charge is 0.391 e. The van der Waals surface area contributed by atoms with E-state index in [9.17, 15) is 18.0 Å². The lowest BCUT2D eigenvalue weighted by atomic mass is 9.75. The number of hydrogen-bond donors (Lipinski definition) is 1. The lowest BCUT2D eigenvalue weighted by Gasteiger charge is -2.40. The largest absolute Gasteiger partial charge is 0.465 e. The molecule has 1 unspecified atom stereocenters. The Morgan fingerprint density at radius 3 is 2.30 bits per heavy atom. The van der Waals surface area contributed by atoms with Crippen LogP contribution in [-0.2, 0) is 9.53 Å². The van der Waals surface area contributed by atoms with Crippen molar-refractivity contribution in [3.05, 3.63) is 0 Å². The maximum atomic E-state index is 12.7. The van der Waals surface area contributed by atoms with Crippen LogP contribution >= 0.6 is 0 Å². The Hall–Kier alpha value is -0.780. The van der Waals surface area contributed by atoms with E-state index in [1.54, 1.807) is 6.92 Å². The molecule has 0 aromatic carbocycles.